The van der Waals surface area contributed by atoms with Gasteiger partial charge >= 0.3 is 0 Å². The normalized spacial score (nSPS) is 18.4. The predicted molar refractivity (Wildman–Crippen MR) is 96.3 cm³/mol. The van der Waals surface area contributed by atoms with Crippen molar-refractivity contribution in [2.45, 2.75) is 26.7 Å². The number of hydrogen-bond acceptors (Lipinski definition) is 6. The van der Waals surface area contributed by atoms with Gasteiger partial charge in [0.2, 0.25) is 0 Å². The van der Waals surface area contributed by atoms with E-state index in [4.69, 9.17) is 4.74 Å². The first kappa shape index (κ1) is 17.0. The van der Waals surface area contributed by atoms with Gasteiger partial charge in [0.1, 0.15) is 12.1 Å². The number of likely N-dealkylation sites (tertiary alicyclic amines) is 1. The van der Waals surface area contributed by atoms with Crippen LogP contribution in [0, 0.1) is 19.8 Å². The quantitative estimate of drug-likeness (QED) is 0.787. The van der Waals surface area contributed by atoms with Crippen LogP contribution >= 0.6 is 0 Å². The molecule has 1 fully saturated rings. The summed E-state index contributed by atoms with van der Waals surface area (Å²) in [6.45, 7) is 9.34. The Labute approximate surface area is 143 Å². The van der Waals surface area contributed by atoms with Crippen LogP contribution in [0.15, 0.2) is 12.4 Å². The van der Waals surface area contributed by atoms with E-state index in [0.29, 0.717) is 5.92 Å². The van der Waals surface area contributed by atoms with Gasteiger partial charge in [-0.1, -0.05) is 0 Å². The molecule has 0 bridgehead atoms. The van der Waals surface area contributed by atoms with E-state index in [9.17, 15) is 0 Å². The molecule has 0 aliphatic carbocycles. The smallest absolute Gasteiger partial charge is 0.165 e. The van der Waals surface area contributed by atoms with Gasteiger partial charge in [0.05, 0.1) is 5.39 Å². The Hall–Kier alpha value is -1.79. The van der Waals surface area contributed by atoms with Crippen LogP contribution in [0.25, 0.3) is 11.0 Å². The Kier molecular flexibility index (Phi) is 5.58. The molecule has 1 N–H and O–H groups in total. The molecular weight excluding hydrogens is 302 g/mol. The lowest BCUT2D eigenvalue weighted by molar-refractivity contribution is 0.178. The molecule has 24 heavy (non-hydrogen) atoms. The van der Waals surface area contributed by atoms with E-state index in [1.165, 1.54) is 18.5 Å². The molecule has 0 amide bonds. The molecule has 2 aromatic rings. The van der Waals surface area contributed by atoms with Crippen molar-refractivity contribution in [3.8, 4) is 0 Å². The second-order valence-corrected chi connectivity index (χ2v) is 6.68. The van der Waals surface area contributed by atoms with Crippen molar-refractivity contribution in [3.63, 3.8) is 0 Å². The Bertz CT molecular complexity index is 690. The van der Waals surface area contributed by atoms with Crippen molar-refractivity contribution >= 4 is 16.9 Å². The van der Waals surface area contributed by atoms with Crippen LogP contribution in [0.4, 0.5) is 5.82 Å². The van der Waals surface area contributed by atoms with Crippen LogP contribution in [0.1, 0.15) is 24.1 Å². The van der Waals surface area contributed by atoms with Crippen LogP contribution in [0.3, 0.4) is 0 Å². The maximum atomic E-state index is 5.14. The highest BCUT2D eigenvalue weighted by atomic mass is 16.5. The number of aryl methyl sites for hydroxylation is 2. The number of fused-ring (bicyclic) bond motifs is 1. The molecule has 0 aromatic carbocycles. The van der Waals surface area contributed by atoms with E-state index in [2.05, 4.69) is 38.2 Å². The second-order valence-electron chi connectivity index (χ2n) is 6.68. The molecule has 1 aliphatic heterocycles. The molecule has 3 heterocycles. The van der Waals surface area contributed by atoms with E-state index in [0.717, 1.165) is 55.2 Å². The van der Waals surface area contributed by atoms with Crippen LogP contribution in [-0.2, 0) is 4.74 Å². The molecule has 0 saturated carbocycles. The number of rotatable bonds is 7. The molecule has 2 aromatic heterocycles. The van der Waals surface area contributed by atoms with Crippen LogP contribution < -0.4 is 5.32 Å². The number of pyridine rings is 1. The van der Waals surface area contributed by atoms with Crippen molar-refractivity contribution in [2.75, 3.05) is 45.2 Å². The SMILES string of the molecule is COCCCN1CCC(CNc2ncnc3nc(C)cc(C)c23)C1. The van der Waals surface area contributed by atoms with Gasteiger partial charge in [-0.2, -0.15) is 0 Å². The summed E-state index contributed by atoms with van der Waals surface area (Å²) in [5.41, 5.74) is 2.94. The van der Waals surface area contributed by atoms with Gasteiger partial charge in [0, 0.05) is 39.0 Å². The average Bonchev–Trinajstić information content (AvgIpc) is 3.00. The topological polar surface area (TPSA) is 63.2 Å². The number of nitrogens with zero attached hydrogens (tertiary/aromatic N) is 4. The van der Waals surface area contributed by atoms with E-state index < -0.39 is 0 Å². The fourth-order valence-corrected chi connectivity index (χ4v) is 3.50. The Morgan fingerprint density at radius 1 is 1.33 bits per heavy atom. The fourth-order valence-electron chi connectivity index (χ4n) is 3.50. The number of aromatic nitrogens is 3. The average molecular weight is 329 g/mol. The third-order valence-electron chi connectivity index (χ3n) is 4.68. The van der Waals surface area contributed by atoms with E-state index in [1.807, 2.05) is 6.92 Å². The summed E-state index contributed by atoms with van der Waals surface area (Å²) in [6, 6.07) is 2.09. The number of ether oxygens (including phenoxy) is 1. The number of methoxy groups -OCH3 is 1. The lowest BCUT2D eigenvalue weighted by Gasteiger charge is -2.16. The summed E-state index contributed by atoms with van der Waals surface area (Å²) in [6.07, 6.45) is 3.94. The minimum atomic E-state index is 0.663. The van der Waals surface area contributed by atoms with Crippen LogP contribution in [-0.4, -0.2) is 59.7 Å². The molecule has 0 spiro atoms. The third kappa shape index (κ3) is 3.99. The first-order valence-electron chi connectivity index (χ1n) is 8.71. The molecule has 130 valence electrons. The second kappa shape index (κ2) is 7.85. The minimum Gasteiger partial charge on any atom is -0.385 e. The van der Waals surface area contributed by atoms with Crippen molar-refractivity contribution in [2.24, 2.45) is 5.92 Å². The summed E-state index contributed by atoms with van der Waals surface area (Å²) >= 11 is 0. The highest BCUT2D eigenvalue weighted by Crippen LogP contribution is 2.24. The third-order valence-corrected chi connectivity index (χ3v) is 4.68. The van der Waals surface area contributed by atoms with Gasteiger partial charge < -0.3 is 15.0 Å². The number of nitrogens with one attached hydrogen (secondary N) is 1. The minimum absolute atomic E-state index is 0.663. The summed E-state index contributed by atoms with van der Waals surface area (Å²) in [5, 5.41) is 4.58. The summed E-state index contributed by atoms with van der Waals surface area (Å²) in [4.78, 5) is 15.8. The largest absolute Gasteiger partial charge is 0.385 e. The monoisotopic (exact) mass is 329 g/mol. The van der Waals surface area contributed by atoms with Crippen LogP contribution in [0.2, 0.25) is 0 Å². The standard InChI is InChI=1S/C18H27N5O/c1-13-9-14(2)22-18-16(13)17(20-12-21-18)19-10-15-5-7-23(11-15)6-4-8-24-3/h9,12,15H,4-8,10-11H2,1-3H3,(H,19,20,21,22). The molecule has 0 radical (unpaired) electrons. The van der Waals surface area contributed by atoms with Gasteiger partial charge in [-0.3, -0.25) is 0 Å². The fraction of sp³-hybridized carbons (Fsp3) is 0.611. The Balaban J connectivity index is 1.61. The lowest BCUT2D eigenvalue weighted by atomic mass is 10.1. The van der Waals surface area contributed by atoms with E-state index in [-0.39, 0.29) is 0 Å². The van der Waals surface area contributed by atoms with Gasteiger partial charge in [-0.05, 0) is 50.8 Å². The Morgan fingerprint density at radius 2 is 2.21 bits per heavy atom. The molecule has 1 atom stereocenters. The zero-order valence-corrected chi connectivity index (χ0v) is 14.9. The molecule has 1 aliphatic rings. The Morgan fingerprint density at radius 3 is 3.04 bits per heavy atom. The highest BCUT2D eigenvalue weighted by molar-refractivity contribution is 5.89. The molecule has 6 heteroatoms. The first-order valence-corrected chi connectivity index (χ1v) is 8.71. The van der Waals surface area contributed by atoms with Crippen molar-refractivity contribution < 1.29 is 4.74 Å². The van der Waals surface area contributed by atoms with Crippen LogP contribution in [0.5, 0.6) is 0 Å². The summed E-state index contributed by atoms with van der Waals surface area (Å²) in [5.74, 6) is 1.57. The zero-order chi connectivity index (χ0) is 16.9. The molecule has 3 rings (SSSR count). The lowest BCUT2D eigenvalue weighted by Crippen LogP contribution is -2.25. The number of anilines is 1. The van der Waals surface area contributed by atoms with Gasteiger partial charge in [-0.25, -0.2) is 15.0 Å². The van der Waals surface area contributed by atoms with Gasteiger partial charge in [0.15, 0.2) is 5.65 Å². The van der Waals surface area contributed by atoms with Gasteiger partial charge in [0.25, 0.3) is 0 Å². The first-order chi connectivity index (χ1) is 11.7. The van der Waals surface area contributed by atoms with Crippen molar-refractivity contribution in [1.29, 1.82) is 0 Å². The molecule has 1 unspecified atom stereocenters. The molecule has 6 nitrogen and oxygen atoms in total. The maximum absolute atomic E-state index is 5.14. The van der Waals surface area contributed by atoms with Crippen molar-refractivity contribution in [3.05, 3.63) is 23.7 Å². The van der Waals surface area contributed by atoms with Gasteiger partial charge in [-0.15, -0.1) is 0 Å². The number of hydrogen-bond donors (Lipinski definition) is 1. The summed E-state index contributed by atoms with van der Waals surface area (Å²) < 4.78 is 5.14. The zero-order valence-electron chi connectivity index (χ0n) is 14.9. The molecular formula is C18H27N5O. The van der Waals surface area contributed by atoms with E-state index in [1.54, 1.807) is 13.4 Å². The highest BCUT2D eigenvalue weighted by Gasteiger charge is 2.22. The maximum Gasteiger partial charge on any atom is 0.165 e. The molecule has 1 saturated heterocycles. The predicted octanol–water partition coefficient (Wildman–Crippen LogP) is 2.41. The summed E-state index contributed by atoms with van der Waals surface area (Å²) in [7, 11) is 1.76. The van der Waals surface area contributed by atoms with Crippen molar-refractivity contribution in [1.82, 2.24) is 19.9 Å². The van der Waals surface area contributed by atoms with E-state index >= 15 is 0 Å².